The maximum Gasteiger partial charge on any atom is 0.317 e. The summed E-state index contributed by atoms with van der Waals surface area (Å²) in [6.07, 6.45) is 7.95. The number of halogens is 1. The molecule has 1 heterocycles. The third-order valence-electron chi connectivity index (χ3n) is 5.66. The Bertz CT molecular complexity index is 804. The highest BCUT2D eigenvalue weighted by molar-refractivity contribution is 5.74. The molecule has 0 saturated heterocycles. The van der Waals surface area contributed by atoms with Crippen LogP contribution in [-0.4, -0.2) is 51.6 Å². The first kappa shape index (κ1) is 22.1. The fraction of sp³-hybridized carbons (Fsp3) is 0.545. The lowest BCUT2D eigenvalue weighted by Gasteiger charge is -2.33. The van der Waals surface area contributed by atoms with Crippen molar-refractivity contribution in [2.24, 2.45) is 5.92 Å². The molecule has 0 bridgehead atoms. The number of nitrogens with one attached hydrogen (secondary N) is 2. The summed E-state index contributed by atoms with van der Waals surface area (Å²) in [7, 11) is 0. The molecular weight excluding hydrogens is 385 g/mol. The van der Waals surface area contributed by atoms with E-state index in [4.69, 9.17) is 5.11 Å². The fourth-order valence-electron chi connectivity index (χ4n) is 3.99. The number of hydrogen-bond acceptors (Lipinski definition) is 4. The zero-order valence-corrected chi connectivity index (χ0v) is 17.6. The van der Waals surface area contributed by atoms with Crippen LogP contribution in [0.25, 0.3) is 0 Å². The van der Waals surface area contributed by atoms with E-state index >= 15 is 0 Å². The lowest BCUT2D eigenvalue weighted by atomic mass is 9.85. The van der Waals surface area contributed by atoms with Crippen LogP contribution in [0.2, 0.25) is 0 Å². The molecule has 164 valence electrons. The van der Waals surface area contributed by atoms with Crippen LogP contribution in [0.15, 0.2) is 36.7 Å². The van der Waals surface area contributed by atoms with Crippen molar-refractivity contribution < 1.29 is 14.3 Å². The van der Waals surface area contributed by atoms with E-state index in [9.17, 15) is 9.18 Å². The number of hydrogen-bond donors (Lipinski definition) is 3. The quantitative estimate of drug-likeness (QED) is 0.585. The minimum atomic E-state index is -0.291. The van der Waals surface area contributed by atoms with E-state index in [-0.39, 0.29) is 18.5 Å². The Morgan fingerprint density at radius 1 is 1.33 bits per heavy atom. The number of nitrogens with zero attached hydrogens (tertiary/aromatic N) is 3. The van der Waals surface area contributed by atoms with Gasteiger partial charge in [0, 0.05) is 31.9 Å². The highest BCUT2D eigenvalue weighted by atomic mass is 19.1. The summed E-state index contributed by atoms with van der Waals surface area (Å²) in [5.41, 5.74) is 1.74. The maximum absolute atomic E-state index is 13.3. The van der Waals surface area contributed by atoms with Crippen molar-refractivity contribution in [2.75, 3.05) is 25.0 Å². The Morgan fingerprint density at radius 2 is 2.13 bits per heavy atom. The summed E-state index contributed by atoms with van der Waals surface area (Å²) in [5, 5.41) is 19.6. The molecule has 1 aliphatic rings. The molecule has 1 aliphatic carbocycles. The Hall–Kier alpha value is -2.61. The van der Waals surface area contributed by atoms with Crippen molar-refractivity contribution in [1.82, 2.24) is 20.0 Å². The Morgan fingerprint density at radius 3 is 2.83 bits per heavy atom. The topological polar surface area (TPSA) is 82.4 Å². The van der Waals surface area contributed by atoms with Crippen molar-refractivity contribution in [3.63, 3.8) is 0 Å². The van der Waals surface area contributed by atoms with Gasteiger partial charge in [0.15, 0.2) is 0 Å². The molecule has 2 aromatic rings. The third-order valence-corrected chi connectivity index (χ3v) is 5.66. The standard InChI is InChI=1S/C22H32FN5O2/c1-2-27(22(30)24-13-18-4-3-5-19(23)12-18)15-17-6-8-20(9-7-17)26-21-14-25-28(16-21)10-11-29/h3-5,12,14,16-17,20,26,29H,2,6-11,13,15H2,1H3,(H,24,30). The number of aromatic nitrogens is 2. The second kappa shape index (κ2) is 11.0. The van der Waals surface area contributed by atoms with E-state index < -0.39 is 0 Å². The first-order valence-electron chi connectivity index (χ1n) is 10.7. The van der Waals surface area contributed by atoms with Crippen molar-refractivity contribution >= 4 is 11.7 Å². The normalized spacial score (nSPS) is 18.8. The average molecular weight is 418 g/mol. The van der Waals surface area contributed by atoms with Crippen molar-refractivity contribution in [1.29, 1.82) is 0 Å². The molecule has 3 N–H and O–H groups in total. The molecule has 8 heteroatoms. The lowest BCUT2D eigenvalue weighted by molar-refractivity contribution is 0.180. The predicted octanol–water partition coefficient (Wildman–Crippen LogP) is 3.22. The molecular formula is C22H32FN5O2. The van der Waals surface area contributed by atoms with E-state index in [0.29, 0.717) is 31.6 Å². The van der Waals surface area contributed by atoms with Crippen LogP contribution in [-0.2, 0) is 13.1 Å². The molecule has 30 heavy (non-hydrogen) atoms. The molecule has 1 saturated carbocycles. The molecule has 1 aromatic heterocycles. The van der Waals surface area contributed by atoms with E-state index in [2.05, 4.69) is 15.7 Å². The van der Waals surface area contributed by atoms with Gasteiger partial charge in [-0.2, -0.15) is 5.10 Å². The van der Waals surface area contributed by atoms with E-state index in [0.717, 1.165) is 43.5 Å². The molecule has 3 rings (SSSR count). The molecule has 0 radical (unpaired) electrons. The minimum Gasteiger partial charge on any atom is -0.394 e. The zero-order valence-electron chi connectivity index (χ0n) is 17.6. The number of rotatable bonds is 9. The van der Waals surface area contributed by atoms with E-state index in [1.54, 1.807) is 23.0 Å². The van der Waals surface area contributed by atoms with Gasteiger partial charge in [0.25, 0.3) is 0 Å². The second-order valence-electron chi connectivity index (χ2n) is 7.90. The van der Waals surface area contributed by atoms with Crippen LogP contribution >= 0.6 is 0 Å². The molecule has 7 nitrogen and oxygen atoms in total. The Labute approximate surface area is 177 Å². The number of benzene rings is 1. The van der Waals surface area contributed by atoms with Crippen LogP contribution in [0, 0.1) is 11.7 Å². The van der Waals surface area contributed by atoms with Gasteiger partial charge in [0.1, 0.15) is 5.82 Å². The number of amides is 2. The van der Waals surface area contributed by atoms with Gasteiger partial charge in [-0.15, -0.1) is 0 Å². The highest BCUT2D eigenvalue weighted by Crippen LogP contribution is 2.27. The summed E-state index contributed by atoms with van der Waals surface area (Å²) in [5.74, 6) is 0.195. The lowest BCUT2D eigenvalue weighted by Crippen LogP contribution is -2.43. The summed E-state index contributed by atoms with van der Waals surface area (Å²) in [6, 6.07) is 6.61. The SMILES string of the molecule is CCN(CC1CCC(Nc2cnn(CCO)c2)CC1)C(=O)NCc1cccc(F)c1. The molecule has 0 atom stereocenters. The molecule has 0 spiro atoms. The summed E-state index contributed by atoms with van der Waals surface area (Å²) in [4.78, 5) is 14.4. The van der Waals surface area contributed by atoms with Crippen LogP contribution < -0.4 is 10.6 Å². The van der Waals surface area contributed by atoms with Gasteiger partial charge in [-0.1, -0.05) is 12.1 Å². The van der Waals surface area contributed by atoms with Crippen LogP contribution in [0.4, 0.5) is 14.9 Å². The van der Waals surface area contributed by atoms with Gasteiger partial charge in [0.2, 0.25) is 0 Å². The summed E-state index contributed by atoms with van der Waals surface area (Å²) in [6.45, 7) is 4.29. The van der Waals surface area contributed by atoms with Gasteiger partial charge in [-0.05, 0) is 56.2 Å². The van der Waals surface area contributed by atoms with Gasteiger partial charge in [0.05, 0.1) is 25.0 Å². The molecule has 1 aromatic carbocycles. The largest absolute Gasteiger partial charge is 0.394 e. The van der Waals surface area contributed by atoms with Crippen molar-refractivity contribution in [3.05, 3.63) is 48.0 Å². The van der Waals surface area contributed by atoms with Crippen LogP contribution in [0.5, 0.6) is 0 Å². The van der Waals surface area contributed by atoms with Crippen molar-refractivity contribution in [2.45, 2.75) is 51.7 Å². The molecule has 1 fully saturated rings. The fourth-order valence-corrected chi connectivity index (χ4v) is 3.99. The van der Waals surface area contributed by atoms with Crippen molar-refractivity contribution in [3.8, 4) is 0 Å². The number of aliphatic hydroxyl groups is 1. The predicted molar refractivity (Wildman–Crippen MR) is 115 cm³/mol. The maximum atomic E-state index is 13.3. The van der Waals surface area contributed by atoms with Gasteiger partial charge < -0.3 is 20.6 Å². The molecule has 0 unspecified atom stereocenters. The van der Waals surface area contributed by atoms with Gasteiger partial charge >= 0.3 is 6.03 Å². The summed E-state index contributed by atoms with van der Waals surface area (Å²) < 4.78 is 15.0. The number of carbonyl (C=O) groups is 1. The van der Waals surface area contributed by atoms with E-state index in [1.165, 1.54) is 12.1 Å². The molecule has 2 amide bonds. The first-order valence-corrected chi connectivity index (χ1v) is 10.7. The van der Waals surface area contributed by atoms with Crippen LogP contribution in [0.1, 0.15) is 38.2 Å². The number of carbonyl (C=O) groups excluding carboxylic acids is 1. The average Bonchev–Trinajstić information content (AvgIpc) is 3.18. The smallest absolute Gasteiger partial charge is 0.317 e. The first-order chi connectivity index (χ1) is 14.6. The second-order valence-corrected chi connectivity index (χ2v) is 7.90. The number of urea groups is 1. The monoisotopic (exact) mass is 417 g/mol. The minimum absolute atomic E-state index is 0.0793. The summed E-state index contributed by atoms with van der Waals surface area (Å²) >= 11 is 0. The number of anilines is 1. The third kappa shape index (κ3) is 6.45. The van der Waals surface area contributed by atoms with Gasteiger partial charge in [-0.25, -0.2) is 9.18 Å². The zero-order chi connectivity index (χ0) is 21.3. The molecule has 0 aliphatic heterocycles. The number of aliphatic hydroxyl groups excluding tert-OH is 1. The van der Waals surface area contributed by atoms with E-state index in [1.807, 2.05) is 18.0 Å². The highest BCUT2D eigenvalue weighted by Gasteiger charge is 2.24. The van der Waals surface area contributed by atoms with Gasteiger partial charge in [-0.3, -0.25) is 4.68 Å². The Kier molecular flexibility index (Phi) is 8.07. The Balaban J connectivity index is 1.41. The van der Waals surface area contributed by atoms with Crippen LogP contribution in [0.3, 0.4) is 0 Å².